The molecule has 0 bridgehead atoms. The van der Waals surface area contributed by atoms with Crippen molar-refractivity contribution in [2.75, 3.05) is 26.8 Å². The van der Waals surface area contributed by atoms with E-state index in [9.17, 15) is 0 Å². The van der Waals surface area contributed by atoms with E-state index in [1.807, 2.05) is 18.7 Å². The van der Waals surface area contributed by atoms with E-state index in [0.717, 1.165) is 32.7 Å². The number of hydrogen-bond acceptors (Lipinski definition) is 3. The van der Waals surface area contributed by atoms with Gasteiger partial charge in [0.15, 0.2) is 0 Å². The van der Waals surface area contributed by atoms with Crippen molar-refractivity contribution in [3.05, 3.63) is 18.7 Å². The zero-order chi connectivity index (χ0) is 11.5. The Bertz CT molecular complexity index is 236. The standard InChI is InChI=1S/C12H23N3O/c1-16-11-5-3-7-13-6-2-4-9-15-10-8-14-12-15/h8,10,12-13H,2-7,9,11H2,1H3. The van der Waals surface area contributed by atoms with Crippen molar-refractivity contribution in [1.82, 2.24) is 14.9 Å². The number of methoxy groups -OCH3 is 1. The molecule has 1 aromatic heterocycles. The van der Waals surface area contributed by atoms with E-state index < -0.39 is 0 Å². The molecule has 4 heteroatoms. The lowest BCUT2D eigenvalue weighted by Crippen LogP contribution is -2.17. The van der Waals surface area contributed by atoms with Crippen LogP contribution in [0.1, 0.15) is 25.7 Å². The van der Waals surface area contributed by atoms with Crippen molar-refractivity contribution in [1.29, 1.82) is 0 Å². The molecule has 1 N–H and O–H groups in total. The molecule has 0 spiro atoms. The van der Waals surface area contributed by atoms with Gasteiger partial charge in [-0.25, -0.2) is 4.98 Å². The van der Waals surface area contributed by atoms with Crippen LogP contribution in [0.4, 0.5) is 0 Å². The summed E-state index contributed by atoms with van der Waals surface area (Å²) in [7, 11) is 1.75. The molecule has 92 valence electrons. The molecule has 0 unspecified atom stereocenters. The quantitative estimate of drug-likeness (QED) is 0.616. The van der Waals surface area contributed by atoms with E-state index in [1.54, 1.807) is 7.11 Å². The van der Waals surface area contributed by atoms with Crippen molar-refractivity contribution in [3.8, 4) is 0 Å². The predicted molar refractivity (Wildman–Crippen MR) is 65.4 cm³/mol. The van der Waals surface area contributed by atoms with Gasteiger partial charge in [-0.2, -0.15) is 0 Å². The monoisotopic (exact) mass is 225 g/mol. The largest absolute Gasteiger partial charge is 0.385 e. The molecular weight excluding hydrogens is 202 g/mol. The maximum absolute atomic E-state index is 4.99. The van der Waals surface area contributed by atoms with Crippen LogP contribution < -0.4 is 5.32 Å². The van der Waals surface area contributed by atoms with E-state index in [-0.39, 0.29) is 0 Å². The number of aromatic nitrogens is 2. The van der Waals surface area contributed by atoms with Crippen molar-refractivity contribution >= 4 is 0 Å². The second-order valence-electron chi connectivity index (χ2n) is 3.96. The van der Waals surface area contributed by atoms with Crippen LogP contribution in [0.5, 0.6) is 0 Å². The first-order valence-electron chi connectivity index (χ1n) is 6.09. The van der Waals surface area contributed by atoms with Gasteiger partial charge in [-0.05, 0) is 38.8 Å². The summed E-state index contributed by atoms with van der Waals surface area (Å²) in [5.74, 6) is 0. The van der Waals surface area contributed by atoms with Crippen LogP contribution in [0.15, 0.2) is 18.7 Å². The Balaban J connectivity index is 1.78. The first-order chi connectivity index (χ1) is 7.93. The van der Waals surface area contributed by atoms with Crippen molar-refractivity contribution in [3.63, 3.8) is 0 Å². The number of rotatable bonds is 10. The fraction of sp³-hybridized carbons (Fsp3) is 0.750. The Morgan fingerprint density at radius 3 is 2.69 bits per heavy atom. The SMILES string of the molecule is COCCCCNCCCCn1ccnc1. The highest BCUT2D eigenvalue weighted by atomic mass is 16.5. The molecule has 0 radical (unpaired) electrons. The molecule has 0 fully saturated rings. The van der Waals surface area contributed by atoms with Gasteiger partial charge >= 0.3 is 0 Å². The van der Waals surface area contributed by atoms with Crippen LogP contribution >= 0.6 is 0 Å². The fourth-order valence-corrected chi connectivity index (χ4v) is 1.58. The third-order valence-corrected chi connectivity index (χ3v) is 2.53. The van der Waals surface area contributed by atoms with Gasteiger partial charge in [0.1, 0.15) is 0 Å². The van der Waals surface area contributed by atoms with Gasteiger partial charge in [0, 0.05) is 32.7 Å². The normalized spacial score (nSPS) is 10.8. The third-order valence-electron chi connectivity index (χ3n) is 2.53. The molecule has 1 heterocycles. The predicted octanol–water partition coefficient (Wildman–Crippen LogP) is 1.68. The summed E-state index contributed by atoms with van der Waals surface area (Å²) in [5.41, 5.74) is 0. The summed E-state index contributed by atoms with van der Waals surface area (Å²) in [6, 6.07) is 0. The van der Waals surface area contributed by atoms with Gasteiger partial charge in [0.2, 0.25) is 0 Å². The summed E-state index contributed by atoms with van der Waals surface area (Å²) in [5, 5.41) is 3.44. The van der Waals surface area contributed by atoms with E-state index in [1.165, 1.54) is 19.3 Å². The highest BCUT2D eigenvalue weighted by Gasteiger charge is 1.92. The molecule has 4 nitrogen and oxygen atoms in total. The molecule has 0 amide bonds. The van der Waals surface area contributed by atoms with Gasteiger partial charge in [0.25, 0.3) is 0 Å². The van der Waals surface area contributed by atoms with Gasteiger partial charge in [0.05, 0.1) is 6.33 Å². The smallest absolute Gasteiger partial charge is 0.0945 e. The molecular formula is C12H23N3O. The highest BCUT2D eigenvalue weighted by Crippen LogP contribution is 1.94. The zero-order valence-electron chi connectivity index (χ0n) is 10.2. The molecule has 0 aliphatic carbocycles. The summed E-state index contributed by atoms with van der Waals surface area (Å²) in [6.45, 7) is 4.17. The van der Waals surface area contributed by atoms with E-state index >= 15 is 0 Å². The number of aryl methyl sites for hydroxylation is 1. The van der Waals surface area contributed by atoms with Crippen LogP contribution in [0.3, 0.4) is 0 Å². The van der Waals surface area contributed by atoms with Gasteiger partial charge in [-0.1, -0.05) is 0 Å². The number of nitrogens with zero attached hydrogens (tertiary/aromatic N) is 2. The van der Waals surface area contributed by atoms with Crippen molar-refractivity contribution in [2.45, 2.75) is 32.2 Å². The lowest BCUT2D eigenvalue weighted by Gasteiger charge is -2.05. The topological polar surface area (TPSA) is 39.1 Å². The molecule has 0 aliphatic rings. The van der Waals surface area contributed by atoms with Crippen LogP contribution in [0.2, 0.25) is 0 Å². The van der Waals surface area contributed by atoms with Gasteiger partial charge < -0.3 is 14.6 Å². The van der Waals surface area contributed by atoms with Gasteiger partial charge in [-0.15, -0.1) is 0 Å². The lowest BCUT2D eigenvalue weighted by atomic mass is 10.3. The zero-order valence-corrected chi connectivity index (χ0v) is 10.2. The Labute approximate surface area is 98.0 Å². The summed E-state index contributed by atoms with van der Waals surface area (Å²) in [4.78, 5) is 4.01. The minimum Gasteiger partial charge on any atom is -0.385 e. The second-order valence-corrected chi connectivity index (χ2v) is 3.96. The minimum atomic E-state index is 0.877. The molecule has 1 aromatic rings. The first-order valence-corrected chi connectivity index (χ1v) is 6.09. The number of ether oxygens (including phenoxy) is 1. The van der Waals surface area contributed by atoms with Crippen LogP contribution in [-0.2, 0) is 11.3 Å². The average Bonchev–Trinajstić information content (AvgIpc) is 2.80. The summed E-state index contributed by atoms with van der Waals surface area (Å²) < 4.78 is 7.12. The molecule has 0 aliphatic heterocycles. The van der Waals surface area contributed by atoms with Crippen molar-refractivity contribution in [2.24, 2.45) is 0 Å². The van der Waals surface area contributed by atoms with E-state index in [2.05, 4.69) is 14.9 Å². The lowest BCUT2D eigenvalue weighted by molar-refractivity contribution is 0.192. The molecule has 0 saturated carbocycles. The minimum absolute atomic E-state index is 0.877. The summed E-state index contributed by atoms with van der Waals surface area (Å²) >= 11 is 0. The molecule has 0 saturated heterocycles. The average molecular weight is 225 g/mol. The van der Waals surface area contributed by atoms with Gasteiger partial charge in [-0.3, -0.25) is 0 Å². The molecule has 0 aromatic carbocycles. The maximum atomic E-state index is 4.99. The van der Waals surface area contributed by atoms with Crippen LogP contribution in [0, 0.1) is 0 Å². The highest BCUT2D eigenvalue weighted by molar-refractivity contribution is 4.73. The Kier molecular flexibility index (Phi) is 7.72. The number of imidazole rings is 1. The Morgan fingerprint density at radius 1 is 1.19 bits per heavy atom. The number of nitrogens with one attached hydrogen (secondary N) is 1. The molecule has 1 rings (SSSR count). The maximum Gasteiger partial charge on any atom is 0.0945 e. The first kappa shape index (κ1) is 13.2. The van der Waals surface area contributed by atoms with Crippen molar-refractivity contribution < 1.29 is 4.74 Å². The van der Waals surface area contributed by atoms with E-state index in [4.69, 9.17) is 4.74 Å². The number of hydrogen-bond donors (Lipinski definition) is 1. The third kappa shape index (κ3) is 6.58. The molecule has 0 atom stereocenters. The van der Waals surface area contributed by atoms with Crippen LogP contribution in [0.25, 0.3) is 0 Å². The van der Waals surface area contributed by atoms with Crippen LogP contribution in [-0.4, -0.2) is 36.4 Å². The molecule has 16 heavy (non-hydrogen) atoms. The van der Waals surface area contributed by atoms with E-state index in [0.29, 0.717) is 0 Å². The Morgan fingerprint density at radius 2 is 2.00 bits per heavy atom. The number of unbranched alkanes of at least 4 members (excludes halogenated alkanes) is 2. The summed E-state index contributed by atoms with van der Waals surface area (Å²) in [6.07, 6.45) is 10.5. The Hall–Kier alpha value is -0.870. The second kappa shape index (κ2) is 9.36. The fourth-order valence-electron chi connectivity index (χ4n) is 1.58.